The molecule has 0 fully saturated rings. The zero-order valence-electron chi connectivity index (χ0n) is 19.0. The van der Waals surface area contributed by atoms with E-state index in [1.165, 1.54) is 17.4 Å². The number of carbonyl (C=O) groups excluding carboxylic acids is 1. The number of anilines is 2. The normalized spacial score (nSPS) is 11.7. The number of nitrogens with zero attached hydrogens (tertiary/aromatic N) is 5. The Kier molecular flexibility index (Phi) is 5.85. The molecule has 0 unspecified atom stereocenters. The highest BCUT2D eigenvalue weighted by Crippen LogP contribution is 2.37. The lowest BCUT2D eigenvalue weighted by Gasteiger charge is -2.08. The second-order valence-electron chi connectivity index (χ2n) is 8.11. The SMILES string of the molecule is CN(C)C/C=C/C(=O)Nc1ccc(-n2nc3c(=O)[nH]nc(N)c3c2-c2nc3ccccc3s2)cc1. The van der Waals surface area contributed by atoms with Crippen molar-refractivity contribution in [1.29, 1.82) is 0 Å². The minimum absolute atomic E-state index is 0.161. The van der Waals surface area contributed by atoms with Gasteiger partial charge in [0.15, 0.2) is 11.3 Å². The maximum Gasteiger partial charge on any atom is 0.292 e. The summed E-state index contributed by atoms with van der Waals surface area (Å²) >= 11 is 1.48. The number of nitrogens with two attached hydrogens (primary N) is 1. The highest BCUT2D eigenvalue weighted by atomic mass is 32.1. The van der Waals surface area contributed by atoms with E-state index in [2.05, 4.69) is 20.6 Å². The van der Waals surface area contributed by atoms with Crippen molar-refractivity contribution in [3.05, 3.63) is 71.0 Å². The summed E-state index contributed by atoms with van der Waals surface area (Å²) in [5.41, 5.74) is 8.64. The van der Waals surface area contributed by atoms with Crippen LogP contribution in [0.15, 0.2) is 65.5 Å². The van der Waals surface area contributed by atoms with Crippen molar-refractivity contribution >= 4 is 49.9 Å². The number of hydrogen-bond acceptors (Lipinski definition) is 8. The molecule has 5 rings (SSSR count). The van der Waals surface area contributed by atoms with Gasteiger partial charge in [0.05, 0.1) is 21.3 Å². The molecule has 0 saturated carbocycles. The zero-order chi connectivity index (χ0) is 24.5. The van der Waals surface area contributed by atoms with Crippen LogP contribution in [0, 0.1) is 0 Å². The number of likely N-dealkylation sites (N-methyl/N-ethyl adjacent to an activating group) is 1. The fourth-order valence-electron chi connectivity index (χ4n) is 3.64. The number of hydrogen-bond donors (Lipinski definition) is 3. The van der Waals surface area contributed by atoms with Crippen LogP contribution in [0.3, 0.4) is 0 Å². The van der Waals surface area contributed by atoms with Gasteiger partial charge in [-0.15, -0.1) is 11.3 Å². The van der Waals surface area contributed by atoms with Gasteiger partial charge < -0.3 is 16.0 Å². The molecule has 1 amide bonds. The summed E-state index contributed by atoms with van der Waals surface area (Å²) in [6.45, 7) is 0.672. The van der Waals surface area contributed by atoms with E-state index in [-0.39, 0.29) is 17.2 Å². The van der Waals surface area contributed by atoms with Crippen molar-refractivity contribution < 1.29 is 4.79 Å². The molecule has 35 heavy (non-hydrogen) atoms. The number of H-pyrrole nitrogens is 1. The predicted molar refractivity (Wildman–Crippen MR) is 139 cm³/mol. The number of fused-ring (bicyclic) bond motifs is 2. The van der Waals surface area contributed by atoms with Crippen LogP contribution < -0.4 is 16.6 Å². The summed E-state index contributed by atoms with van der Waals surface area (Å²) in [6.07, 6.45) is 3.29. The average Bonchev–Trinajstić information content (AvgIpc) is 3.44. The molecule has 0 saturated heterocycles. The van der Waals surface area contributed by atoms with Gasteiger partial charge in [0, 0.05) is 18.3 Å². The third kappa shape index (κ3) is 4.42. The molecule has 2 aromatic carbocycles. The van der Waals surface area contributed by atoms with Crippen LogP contribution in [0.1, 0.15) is 0 Å². The highest BCUT2D eigenvalue weighted by molar-refractivity contribution is 7.21. The fraction of sp³-hybridized carbons (Fsp3) is 0.125. The first-order chi connectivity index (χ1) is 16.9. The van der Waals surface area contributed by atoms with Gasteiger partial charge in [-0.25, -0.2) is 14.8 Å². The van der Waals surface area contributed by atoms with E-state index in [4.69, 9.17) is 10.7 Å². The second-order valence-corrected chi connectivity index (χ2v) is 9.14. The van der Waals surface area contributed by atoms with E-state index in [0.29, 0.717) is 34.0 Å². The molecule has 176 valence electrons. The van der Waals surface area contributed by atoms with Crippen LogP contribution in [0.5, 0.6) is 0 Å². The van der Waals surface area contributed by atoms with Crippen LogP contribution >= 0.6 is 11.3 Å². The fourth-order valence-corrected chi connectivity index (χ4v) is 4.64. The van der Waals surface area contributed by atoms with Gasteiger partial charge >= 0.3 is 0 Å². The molecule has 0 spiro atoms. The molecular formula is C24H22N8O2S. The van der Waals surface area contributed by atoms with E-state index in [1.54, 1.807) is 35.0 Å². The van der Waals surface area contributed by atoms with E-state index in [9.17, 15) is 9.59 Å². The van der Waals surface area contributed by atoms with Gasteiger partial charge in [-0.1, -0.05) is 18.2 Å². The molecule has 0 radical (unpaired) electrons. The monoisotopic (exact) mass is 486 g/mol. The Bertz CT molecular complexity index is 1600. The average molecular weight is 487 g/mol. The van der Waals surface area contributed by atoms with Gasteiger partial charge in [0.1, 0.15) is 10.7 Å². The van der Waals surface area contributed by atoms with Crippen LogP contribution in [-0.4, -0.2) is 56.4 Å². The standard InChI is InChI=1S/C24H22N8O2S/c1-31(2)13-5-8-18(33)26-14-9-11-15(12-10-14)32-21(19-20(30-32)23(34)29-28-22(19)25)24-27-16-6-3-4-7-17(16)35-24/h3-12H,13H2,1-2H3,(H2,25,28)(H,26,33)(H,29,34)/b8-5+. The molecule has 3 heterocycles. The zero-order valence-corrected chi connectivity index (χ0v) is 19.8. The lowest BCUT2D eigenvalue weighted by atomic mass is 10.2. The van der Waals surface area contributed by atoms with Gasteiger partial charge in [0.2, 0.25) is 5.91 Å². The number of aromatic amines is 1. The molecule has 4 N–H and O–H groups in total. The second kappa shape index (κ2) is 9.12. The Balaban J connectivity index is 1.57. The van der Waals surface area contributed by atoms with Gasteiger partial charge in [-0.2, -0.15) is 10.2 Å². The number of nitrogens with one attached hydrogen (secondary N) is 2. The van der Waals surface area contributed by atoms with Crippen molar-refractivity contribution in [2.75, 3.05) is 31.7 Å². The first-order valence-electron chi connectivity index (χ1n) is 10.8. The number of thiazole rings is 1. The van der Waals surface area contributed by atoms with Crippen molar-refractivity contribution in [3.63, 3.8) is 0 Å². The van der Waals surface area contributed by atoms with Crippen molar-refractivity contribution in [1.82, 2.24) is 29.9 Å². The maximum absolute atomic E-state index is 12.5. The number of benzene rings is 2. The van der Waals surface area contributed by atoms with E-state index in [0.717, 1.165) is 10.2 Å². The number of para-hydroxylation sites is 1. The molecular weight excluding hydrogens is 464 g/mol. The Morgan fingerprint density at radius 3 is 2.71 bits per heavy atom. The number of carbonyl (C=O) groups is 1. The number of amides is 1. The molecule has 0 aliphatic heterocycles. The summed E-state index contributed by atoms with van der Waals surface area (Å²) in [4.78, 5) is 31.4. The molecule has 5 aromatic rings. The first-order valence-corrected chi connectivity index (χ1v) is 11.6. The van der Waals surface area contributed by atoms with Gasteiger partial charge in [-0.05, 0) is 50.5 Å². The van der Waals surface area contributed by atoms with E-state index < -0.39 is 5.56 Å². The molecule has 0 atom stereocenters. The summed E-state index contributed by atoms with van der Waals surface area (Å²) in [5.74, 6) is -0.0570. The largest absolute Gasteiger partial charge is 0.382 e. The smallest absolute Gasteiger partial charge is 0.292 e. The summed E-state index contributed by atoms with van der Waals surface area (Å²) in [6, 6.07) is 14.9. The van der Waals surface area contributed by atoms with Crippen molar-refractivity contribution in [2.45, 2.75) is 0 Å². The maximum atomic E-state index is 12.5. The number of rotatable bonds is 6. The molecule has 0 aliphatic carbocycles. The third-order valence-corrected chi connectivity index (χ3v) is 6.29. The van der Waals surface area contributed by atoms with Crippen LogP contribution in [0.25, 0.3) is 37.5 Å². The third-order valence-electron chi connectivity index (χ3n) is 5.25. The Morgan fingerprint density at radius 1 is 1.20 bits per heavy atom. The number of nitrogen functional groups attached to an aromatic ring is 1. The minimum Gasteiger partial charge on any atom is -0.382 e. The van der Waals surface area contributed by atoms with Crippen molar-refractivity contribution in [3.8, 4) is 16.4 Å². The quantitative estimate of drug-likeness (QED) is 0.314. The number of aromatic nitrogens is 5. The lowest BCUT2D eigenvalue weighted by molar-refractivity contribution is -0.111. The molecule has 3 aromatic heterocycles. The van der Waals surface area contributed by atoms with Crippen LogP contribution in [0.4, 0.5) is 11.5 Å². The summed E-state index contributed by atoms with van der Waals surface area (Å²) < 4.78 is 2.64. The van der Waals surface area contributed by atoms with Crippen molar-refractivity contribution in [2.24, 2.45) is 0 Å². The van der Waals surface area contributed by atoms with Gasteiger partial charge in [-0.3, -0.25) is 9.59 Å². The summed E-state index contributed by atoms with van der Waals surface area (Å²) in [5, 5.41) is 14.8. The molecule has 0 bridgehead atoms. The van der Waals surface area contributed by atoms with Crippen LogP contribution in [-0.2, 0) is 4.79 Å². The Labute approximate surface area is 203 Å². The topological polar surface area (TPSA) is 135 Å². The Morgan fingerprint density at radius 2 is 1.97 bits per heavy atom. The van der Waals surface area contributed by atoms with E-state index in [1.807, 2.05) is 43.3 Å². The predicted octanol–water partition coefficient (Wildman–Crippen LogP) is 3.02. The lowest BCUT2D eigenvalue weighted by Crippen LogP contribution is -2.13. The Hall–Kier alpha value is -4.35. The van der Waals surface area contributed by atoms with E-state index >= 15 is 0 Å². The molecule has 0 aliphatic rings. The minimum atomic E-state index is -0.441. The molecule has 10 nitrogen and oxygen atoms in total. The first kappa shape index (κ1) is 22.4. The van der Waals surface area contributed by atoms with Gasteiger partial charge in [0.25, 0.3) is 5.56 Å². The summed E-state index contributed by atoms with van der Waals surface area (Å²) in [7, 11) is 3.86. The molecule has 11 heteroatoms. The highest BCUT2D eigenvalue weighted by Gasteiger charge is 2.23. The van der Waals surface area contributed by atoms with Crippen LogP contribution in [0.2, 0.25) is 0 Å².